The van der Waals surface area contributed by atoms with Crippen molar-refractivity contribution in [2.75, 3.05) is 6.61 Å². The molecule has 1 aliphatic heterocycles. The molecule has 1 atom stereocenters. The summed E-state index contributed by atoms with van der Waals surface area (Å²) in [5.41, 5.74) is 4.72. The number of ether oxygens (including phenoxy) is 2. The van der Waals surface area contributed by atoms with Crippen LogP contribution in [0.1, 0.15) is 48.4 Å². The van der Waals surface area contributed by atoms with Gasteiger partial charge in [-0.15, -0.1) is 13.2 Å². The van der Waals surface area contributed by atoms with Gasteiger partial charge in [-0.05, 0) is 73.1 Å². The number of halogens is 3. The second-order valence-electron chi connectivity index (χ2n) is 9.30. The molecule has 0 amide bonds. The highest BCUT2D eigenvalue weighted by atomic mass is 19.4. The van der Waals surface area contributed by atoms with E-state index in [0.29, 0.717) is 35.3 Å². The number of carbonyl (C=O) groups is 1. The molecular formula is C29H26F3NO3. The molecule has 0 N–H and O–H groups in total. The van der Waals surface area contributed by atoms with E-state index in [1.807, 2.05) is 31.2 Å². The number of aliphatic imine (C=N–C) groups is 1. The smallest absolute Gasteiger partial charge is 0.486 e. The lowest BCUT2D eigenvalue weighted by atomic mass is 9.97. The van der Waals surface area contributed by atoms with Crippen molar-refractivity contribution >= 4 is 11.5 Å². The number of Topliss-reactive ketones (excluding diaryl/α,β-unsaturated/α-hetero) is 1. The zero-order valence-corrected chi connectivity index (χ0v) is 19.8. The highest BCUT2D eigenvalue weighted by Gasteiger charge is 2.34. The number of alkyl halides is 3. The van der Waals surface area contributed by atoms with Crippen LogP contribution in [0.5, 0.6) is 11.5 Å². The quantitative estimate of drug-likeness (QED) is 0.332. The van der Waals surface area contributed by atoms with Crippen LogP contribution in [0.4, 0.5) is 13.2 Å². The molecule has 1 saturated carbocycles. The van der Waals surface area contributed by atoms with Crippen LogP contribution in [0.15, 0.2) is 71.7 Å². The molecule has 3 aromatic rings. The molecule has 0 spiro atoms. The minimum atomic E-state index is -4.82. The summed E-state index contributed by atoms with van der Waals surface area (Å²) in [5, 5.41) is 0. The van der Waals surface area contributed by atoms with Gasteiger partial charge in [0.05, 0.1) is 6.04 Å². The maximum Gasteiger partial charge on any atom is 0.573 e. The summed E-state index contributed by atoms with van der Waals surface area (Å²) in [4.78, 5) is 16.6. The highest BCUT2D eigenvalue weighted by molar-refractivity contribution is 6.03. The molecule has 0 saturated heterocycles. The topological polar surface area (TPSA) is 47.9 Å². The number of ketones is 1. The van der Waals surface area contributed by atoms with Crippen molar-refractivity contribution in [2.45, 2.75) is 45.0 Å². The molecule has 7 heteroatoms. The fraction of sp³-hybridized carbons (Fsp3) is 0.310. The van der Waals surface area contributed by atoms with Gasteiger partial charge in [-0.3, -0.25) is 9.79 Å². The average Bonchev–Trinajstić information content (AvgIpc) is 3.60. The number of nitrogens with zero attached hydrogens (tertiary/aromatic N) is 1. The standard InChI is InChI=1S/C29H26F3NO3/c1-18-4-2-3-5-23(18)25-14-15-26(33-25)24-13-10-21(16-28(24)36-29(30,31)32)19-8-11-22(12-9-19)35-17-27(34)20-6-7-20/h2-5,8-13,16,20,26H,6-7,14-15,17H2,1H3. The summed E-state index contributed by atoms with van der Waals surface area (Å²) in [5.74, 6) is 0.533. The SMILES string of the molecule is Cc1ccccc1C1=NC(c2ccc(-c3ccc(OCC(=O)C4CC4)cc3)cc2OC(F)(F)F)CC1. The number of hydrogen-bond acceptors (Lipinski definition) is 4. The Bertz CT molecular complexity index is 1290. The second-order valence-corrected chi connectivity index (χ2v) is 9.30. The van der Waals surface area contributed by atoms with Gasteiger partial charge in [0.1, 0.15) is 18.1 Å². The number of benzene rings is 3. The predicted molar refractivity (Wildman–Crippen MR) is 131 cm³/mol. The summed E-state index contributed by atoms with van der Waals surface area (Å²) in [7, 11) is 0. The number of carbonyl (C=O) groups excluding carboxylic acids is 1. The first-order chi connectivity index (χ1) is 17.3. The van der Waals surface area contributed by atoms with E-state index in [1.165, 1.54) is 6.07 Å². The van der Waals surface area contributed by atoms with E-state index >= 15 is 0 Å². The van der Waals surface area contributed by atoms with Crippen LogP contribution in [-0.2, 0) is 4.79 Å². The van der Waals surface area contributed by atoms with Gasteiger partial charge in [0, 0.05) is 17.2 Å². The van der Waals surface area contributed by atoms with Gasteiger partial charge in [0.25, 0.3) is 0 Å². The van der Waals surface area contributed by atoms with Crippen LogP contribution in [0.3, 0.4) is 0 Å². The average molecular weight is 494 g/mol. The van der Waals surface area contributed by atoms with E-state index in [0.717, 1.165) is 29.7 Å². The van der Waals surface area contributed by atoms with Gasteiger partial charge in [0.2, 0.25) is 0 Å². The van der Waals surface area contributed by atoms with Crippen molar-refractivity contribution in [1.82, 2.24) is 0 Å². The first kappa shape index (κ1) is 24.1. The Morgan fingerprint density at radius 1 is 0.972 bits per heavy atom. The van der Waals surface area contributed by atoms with Gasteiger partial charge in [0.15, 0.2) is 5.78 Å². The summed E-state index contributed by atoms with van der Waals surface area (Å²) in [6, 6.07) is 19.3. The number of hydrogen-bond donors (Lipinski definition) is 0. The second kappa shape index (κ2) is 9.80. The zero-order chi connectivity index (χ0) is 25.3. The molecule has 5 rings (SSSR count). The van der Waals surface area contributed by atoms with Crippen molar-refractivity contribution in [3.63, 3.8) is 0 Å². The largest absolute Gasteiger partial charge is 0.573 e. The van der Waals surface area contributed by atoms with E-state index < -0.39 is 12.4 Å². The minimum Gasteiger partial charge on any atom is -0.486 e. The van der Waals surface area contributed by atoms with Crippen molar-refractivity contribution < 1.29 is 27.4 Å². The van der Waals surface area contributed by atoms with Crippen molar-refractivity contribution in [3.05, 3.63) is 83.4 Å². The van der Waals surface area contributed by atoms with Crippen LogP contribution < -0.4 is 9.47 Å². The minimum absolute atomic E-state index is 0.0364. The molecule has 36 heavy (non-hydrogen) atoms. The third kappa shape index (κ3) is 5.61. The zero-order valence-electron chi connectivity index (χ0n) is 19.8. The van der Waals surface area contributed by atoms with E-state index in [-0.39, 0.29) is 24.1 Å². The van der Waals surface area contributed by atoms with Crippen molar-refractivity contribution in [2.24, 2.45) is 10.9 Å². The van der Waals surface area contributed by atoms with Crippen molar-refractivity contribution in [3.8, 4) is 22.6 Å². The molecule has 1 unspecified atom stereocenters. The lowest BCUT2D eigenvalue weighted by molar-refractivity contribution is -0.274. The van der Waals surface area contributed by atoms with Crippen LogP contribution in [0.25, 0.3) is 11.1 Å². The maximum absolute atomic E-state index is 13.3. The third-order valence-electron chi connectivity index (χ3n) is 6.62. The number of rotatable bonds is 8. The van der Waals surface area contributed by atoms with Gasteiger partial charge >= 0.3 is 6.36 Å². The summed E-state index contributed by atoms with van der Waals surface area (Å²) < 4.78 is 49.9. The molecule has 4 nitrogen and oxygen atoms in total. The van der Waals surface area contributed by atoms with E-state index in [9.17, 15) is 18.0 Å². The summed E-state index contributed by atoms with van der Waals surface area (Å²) >= 11 is 0. The van der Waals surface area contributed by atoms with Gasteiger partial charge in [-0.2, -0.15) is 0 Å². The Balaban J connectivity index is 1.38. The number of aryl methyl sites for hydroxylation is 1. The Morgan fingerprint density at radius 2 is 1.69 bits per heavy atom. The van der Waals surface area contributed by atoms with Gasteiger partial charge < -0.3 is 9.47 Å². The fourth-order valence-electron chi connectivity index (χ4n) is 4.54. The van der Waals surface area contributed by atoms with Crippen LogP contribution in [0.2, 0.25) is 0 Å². The molecular weight excluding hydrogens is 467 g/mol. The summed E-state index contributed by atoms with van der Waals surface area (Å²) in [6.07, 6.45) is -1.66. The summed E-state index contributed by atoms with van der Waals surface area (Å²) in [6.45, 7) is 2.04. The molecule has 1 heterocycles. The van der Waals surface area contributed by atoms with Gasteiger partial charge in [-0.1, -0.05) is 48.5 Å². The normalized spacial score (nSPS) is 17.6. The molecule has 3 aromatic carbocycles. The van der Waals surface area contributed by atoms with E-state index in [2.05, 4.69) is 4.74 Å². The predicted octanol–water partition coefficient (Wildman–Crippen LogP) is 7.24. The molecule has 0 radical (unpaired) electrons. The molecule has 1 aliphatic carbocycles. The monoisotopic (exact) mass is 493 g/mol. The molecule has 0 bridgehead atoms. The molecule has 1 fully saturated rings. The Labute approximate surface area is 207 Å². The van der Waals surface area contributed by atoms with Crippen molar-refractivity contribution in [1.29, 1.82) is 0 Å². The lowest BCUT2D eigenvalue weighted by Gasteiger charge is -2.17. The van der Waals surface area contributed by atoms with Gasteiger partial charge in [-0.25, -0.2) is 0 Å². The Morgan fingerprint density at radius 3 is 2.39 bits per heavy atom. The highest BCUT2D eigenvalue weighted by Crippen LogP contribution is 2.40. The molecule has 2 aliphatic rings. The maximum atomic E-state index is 13.3. The van der Waals surface area contributed by atoms with Crippen LogP contribution in [-0.4, -0.2) is 24.5 Å². The molecule has 186 valence electrons. The molecule has 0 aromatic heterocycles. The van der Waals surface area contributed by atoms with Crippen LogP contribution >= 0.6 is 0 Å². The lowest BCUT2D eigenvalue weighted by Crippen LogP contribution is -2.18. The van der Waals surface area contributed by atoms with Crippen LogP contribution in [0, 0.1) is 12.8 Å². The van der Waals surface area contributed by atoms with E-state index in [1.54, 1.807) is 36.4 Å². The first-order valence-electron chi connectivity index (χ1n) is 12.0. The van der Waals surface area contributed by atoms with E-state index in [4.69, 9.17) is 9.73 Å². The first-order valence-corrected chi connectivity index (χ1v) is 12.0. The Hall–Kier alpha value is -3.61. The Kier molecular flexibility index (Phi) is 6.56. The third-order valence-corrected chi connectivity index (χ3v) is 6.62. The fourth-order valence-corrected chi connectivity index (χ4v) is 4.54.